The van der Waals surface area contributed by atoms with Gasteiger partial charge in [0.25, 0.3) is 0 Å². The minimum Gasteiger partial charge on any atom is -0.380 e. The van der Waals surface area contributed by atoms with Crippen molar-refractivity contribution in [1.82, 2.24) is 5.32 Å². The van der Waals surface area contributed by atoms with E-state index in [0.29, 0.717) is 6.04 Å². The van der Waals surface area contributed by atoms with Crippen molar-refractivity contribution in [3.8, 4) is 0 Å². The van der Waals surface area contributed by atoms with Crippen LogP contribution in [0.1, 0.15) is 52.4 Å². The summed E-state index contributed by atoms with van der Waals surface area (Å²) in [7, 11) is 0. The van der Waals surface area contributed by atoms with E-state index in [-0.39, 0.29) is 0 Å². The Labute approximate surface area is 100 Å². The molecule has 1 N–H and O–H groups in total. The summed E-state index contributed by atoms with van der Waals surface area (Å²) in [5.41, 5.74) is 0. The molecular formula is C14H27NO. The van der Waals surface area contributed by atoms with Crippen LogP contribution in [0.15, 0.2) is 0 Å². The predicted octanol–water partition coefficient (Wildman–Crippen LogP) is 2.97. The monoisotopic (exact) mass is 225 g/mol. The van der Waals surface area contributed by atoms with E-state index >= 15 is 0 Å². The van der Waals surface area contributed by atoms with Crippen LogP contribution in [0.25, 0.3) is 0 Å². The van der Waals surface area contributed by atoms with Gasteiger partial charge in [-0.25, -0.2) is 0 Å². The molecule has 0 amide bonds. The topological polar surface area (TPSA) is 21.3 Å². The third-order valence-corrected chi connectivity index (χ3v) is 4.35. The second-order valence-electron chi connectivity index (χ2n) is 5.94. The van der Waals surface area contributed by atoms with Crippen LogP contribution < -0.4 is 5.32 Å². The molecular weight excluding hydrogens is 198 g/mol. The van der Waals surface area contributed by atoms with Gasteiger partial charge in [-0.05, 0) is 50.4 Å². The average molecular weight is 225 g/mol. The Bertz CT molecular complexity index is 191. The van der Waals surface area contributed by atoms with Crippen molar-refractivity contribution >= 4 is 0 Å². The molecule has 1 heterocycles. The molecule has 1 aliphatic heterocycles. The zero-order valence-corrected chi connectivity index (χ0v) is 10.9. The maximum absolute atomic E-state index is 5.52. The highest BCUT2D eigenvalue weighted by atomic mass is 16.5. The van der Waals surface area contributed by atoms with Crippen LogP contribution >= 0.6 is 0 Å². The van der Waals surface area contributed by atoms with Crippen LogP contribution in [0.4, 0.5) is 0 Å². The highest BCUT2D eigenvalue weighted by molar-refractivity contribution is 4.82. The van der Waals surface area contributed by atoms with Gasteiger partial charge < -0.3 is 10.1 Å². The van der Waals surface area contributed by atoms with Gasteiger partial charge in [0.15, 0.2) is 0 Å². The molecule has 2 aliphatic rings. The van der Waals surface area contributed by atoms with Gasteiger partial charge in [-0.1, -0.05) is 13.8 Å². The van der Waals surface area contributed by atoms with Gasteiger partial charge >= 0.3 is 0 Å². The zero-order chi connectivity index (χ0) is 11.4. The lowest BCUT2D eigenvalue weighted by Crippen LogP contribution is -2.44. The minimum atomic E-state index is 0.634. The Morgan fingerprint density at radius 2 is 1.75 bits per heavy atom. The second kappa shape index (κ2) is 6.02. The molecule has 1 aliphatic carbocycles. The van der Waals surface area contributed by atoms with Crippen molar-refractivity contribution in [3.63, 3.8) is 0 Å². The van der Waals surface area contributed by atoms with Crippen molar-refractivity contribution < 1.29 is 4.74 Å². The fourth-order valence-electron chi connectivity index (χ4n) is 3.16. The standard InChI is InChI=1S/C14H27NO/c1-11(2)12-5-7-13(8-6-12)15-14-4-3-9-16-10-14/h11-15H,3-10H2,1-2H3. The fraction of sp³-hybridized carbons (Fsp3) is 1.00. The van der Waals surface area contributed by atoms with Gasteiger partial charge in [-0.2, -0.15) is 0 Å². The summed E-state index contributed by atoms with van der Waals surface area (Å²) in [5, 5.41) is 3.79. The van der Waals surface area contributed by atoms with Crippen LogP contribution in [-0.4, -0.2) is 25.3 Å². The predicted molar refractivity (Wildman–Crippen MR) is 67.6 cm³/mol. The van der Waals surface area contributed by atoms with Gasteiger partial charge in [-0.15, -0.1) is 0 Å². The van der Waals surface area contributed by atoms with E-state index in [0.717, 1.165) is 31.1 Å². The molecule has 2 heteroatoms. The Kier molecular flexibility index (Phi) is 4.66. The van der Waals surface area contributed by atoms with E-state index in [1.165, 1.54) is 38.5 Å². The van der Waals surface area contributed by atoms with Crippen LogP contribution in [0.3, 0.4) is 0 Å². The molecule has 0 aromatic heterocycles. The van der Waals surface area contributed by atoms with Gasteiger partial charge in [0.2, 0.25) is 0 Å². The smallest absolute Gasteiger partial charge is 0.0619 e. The SMILES string of the molecule is CC(C)C1CCC(NC2CCCOC2)CC1. The molecule has 0 aromatic carbocycles. The molecule has 16 heavy (non-hydrogen) atoms. The molecule has 0 bridgehead atoms. The Morgan fingerprint density at radius 3 is 2.31 bits per heavy atom. The van der Waals surface area contributed by atoms with Gasteiger partial charge in [-0.3, -0.25) is 0 Å². The number of rotatable bonds is 3. The molecule has 2 nitrogen and oxygen atoms in total. The second-order valence-corrected chi connectivity index (χ2v) is 5.94. The summed E-state index contributed by atoms with van der Waals surface area (Å²) in [5.74, 6) is 1.85. The summed E-state index contributed by atoms with van der Waals surface area (Å²) >= 11 is 0. The van der Waals surface area contributed by atoms with Gasteiger partial charge in [0.1, 0.15) is 0 Å². The molecule has 1 atom stereocenters. The van der Waals surface area contributed by atoms with E-state index in [1.807, 2.05) is 0 Å². The summed E-state index contributed by atoms with van der Waals surface area (Å²) in [6, 6.07) is 1.40. The summed E-state index contributed by atoms with van der Waals surface area (Å²) in [6.45, 7) is 6.64. The first kappa shape index (κ1) is 12.4. The van der Waals surface area contributed by atoms with Crippen LogP contribution in [0.5, 0.6) is 0 Å². The first-order valence-electron chi connectivity index (χ1n) is 7.09. The largest absolute Gasteiger partial charge is 0.380 e. The van der Waals surface area contributed by atoms with Crippen molar-refractivity contribution in [2.45, 2.75) is 64.5 Å². The van der Waals surface area contributed by atoms with Crippen molar-refractivity contribution in [2.75, 3.05) is 13.2 Å². The molecule has 1 unspecified atom stereocenters. The summed E-state index contributed by atoms with van der Waals surface area (Å²) < 4.78 is 5.52. The maximum Gasteiger partial charge on any atom is 0.0619 e. The van der Waals surface area contributed by atoms with E-state index < -0.39 is 0 Å². The van der Waals surface area contributed by atoms with E-state index in [4.69, 9.17) is 4.74 Å². The minimum absolute atomic E-state index is 0.634. The third-order valence-electron chi connectivity index (χ3n) is 4.35. The maximum atomic E-state index is 5.52. The summed E-state index contributed by atoms with van der Waals surface area (Å²) in [4.78, 5) is 0. The van der Waals surface area contributed by atoms with Gasteiger partial charge in [0.05, 0.1) is 6.61 Å². The molecule has 2 rings (SSSR count). The first-order chi connectivity index (χ1) is 7.75. The molecule has 0 aromatic rings. The molecule has 2 fully saturated rings. The lowest BCUT2D eigenvalue weighted by Gasteiger charge is -2.34. The molecule has 0 radical (unpaired) electrons. The number of hydrogen-bond acceptors (Lipinski definition) is 2. The van der Waals surface area contributed by atoms with E-state index in [9.17, 15) is 0 Å². The van der Waals surface area contributed by atoms with E-state index in [2.05, 4.69) is 19.2 Å². The molecule has 1 saturated carbocycles. The van der Waals surface area contributed by atoms with Crippen molar-refractivity contribution in [3.05, 3.63) is 0 Å². The molecule has 0 spiro atoms. The Hall–Kier alpha value is -0.0800. The normalized spacial score (nSPS) is 36.6. The quantitative estimate of drug-likeness (QED) is 0.797. The van der Waals surface area contributed by atoms with E-state index in [1.54, 1.807) is 0 Å². The molecule has 94 valence electrons. The average Bonchev–Trinajstić information content (AvgIpc) is 2.31. The number of ether oxygens (including phenoxy) is 1. The summed E-state index contributed by atoms with van der Waals surface area (Å²) in [6.07, 6.45) is 8.13. The molecule has 1 saturated heterocycles. The highest BCUT2D eigenvalue weighted by Gasteiger charge is 2.25. The fourth-order valence-corrected chi connectivity index (χ4v) is 3.16. The van der Waals surface area contributed by atoms with Crippen molar-refractivity contribution in [2.24, 2.45) is 11.8 Å². The lowest BCUT2D eigenvalue weighted by molar-refractivity contribution is 0.0624. The van der Waals surface area contributed by atoms with Crippen molar-refractivity contribution in [1.29, 1.82) is 0 Å². The number of hydrogen-bond donors (Lipinski definition) is 1. The first-order valence-corrected chi connectivity index (χ1v) is 7.09. The Balaban J connectivity index is 1.68. The van der Waals surface area contributed by atoms with Crippen LogP contribution in [-0.2, 0) is 4.74 Å². The Morgan fingerprint density at radius 1 is 1.00 bits per heavy atom. The van der Waals surface area contributed by atoms with Gasteiger partial charge in [0, 0.05) is 18.7 Å². The highest BCUT2D eigenvalue weighted by Crippen LogP contribution is 2.30. The number of nitrogens with one attached hydrogen (secondary N) is 1. The third kappa shape index (κ3) is 3.46. The lowest BCUT2D eigenvalue weighted by atomic mass is 9.79. The zero-order valence-electron chi connectivity index (χ0n) is 10.9. The van der Waals surface area contributed by atoms with Crippen LogP contribution in [0, 0.1) is 11.8 Å². The van der Waals surface area contributed by atoms with Crippen LogP contribution in [0.2, 0.25) is 0 Å².